The van der Waals surface area contributed by atoms with E-state index in [1.165, 1.54) is 29.6 Å². The van der Waals surface area contributed by atoms with Crippen LogP contribution < -0.4 is 9.80 Å². The Kier molecular flexibility index (Phi) is 2.91. The van der Waals surface area contributed by atoms with Gasteiger partial charge >= 0.3 is 0 Å². The summed E-state index contributed by atoms with van der Waals surface area (Å²) in [6, 6.07) is 13.6. The molecule has 0 unspecified atom stereocenters. The van der Waals surface area contributed by atoms with E-state index in [1.54, 1.807) is 0 Å². The fourth-order valence-electron chi connectivity index (χ4n) is 2.97. The van der Waals surface area contributed by atoms with E-state index in [-0.39, 0.29) is 0 Å². The summed E-state index contributed by atoms with van der Waals surface area (Å²) in [4.78, 5) is 4.96. The first-order chi connectivity index (χ1) is 9.20. The molecule has 2 heterocycles. The minimum absolute atomic E-state index is 1.01. The molecule has 2 aliphatic heterocycles. The molecule has 0 saturated heterocycles. The van der Waals surface area contributed by atoms with Crippen molar-refractivity contribution in [3.05, 3.63) is 54.7 Å². The summed E-state index contributed by atoms with van der Waals surface area (Å²) in [5.41, 5.74) is 5.70. The van der Waals surface area contributed by atoms with Gasteiger partial charge in [0.15, 0.2) is 0 Å². The van der Waals surface area contributed by atoms with Gasteiger partial charge in [0.2, 0.25) is 0 Å². The maximum absolute atomic E-state index is 2.48. The predicted octanol–water partition coefficient (Wildman–Crippen LogP) is 4.19. The standard InChI is InChI=1S/C15H12I2N2/c16-12-3-1-10-7-18-9-19(14(10)5-12)8-11-2-4-13(17)6-15(11)18/h1-6H,7-9H2. The number of benzene rings is 2. The zero-order valence-corrected chi connectivity index (χ0v) is 14.6. The van der Waals surface area contributed by atoms with Crippen molar-refractivity contribution in [1.29, 1.82) is 0 Å². The number of hydrogen-bond donors (Lipinski definition) is 0. The van der Waals surface area contributed by atoms with Gasteiger partial charge in [0, 0.05) is 31.6 Å². The fourth-order valence-corrected chi connectivity index (χ4v) is 3.92. The maximum Gasteiger partial charge on any atom is 0.0910 e. The summed E-state index contributed by atoms with van der Waals surface area (Å²) in [6.07, 6.45) is 0. The predicted molar refractivity (Wildman–Crippen MR) is 95.6 cm³/mol. The van der Waals surface area contributed by atoms with Gasteiger partial charge < -0.3 is 9.80 Å². The lowest BCUT2D eigenvalue weighted by molar-refractivity contribution is 0.650. The number of nitrogens with zero attached hydrogens (tertiary/aromatic N) is 2. The van der Waals surface area contributed by atoms with E-state index in [1.807, 2.05) is 0 Å². The van der Waals surface area contributed by atoms with Crippen molar-refractivity contribution in [3.8, 4) is 0 Å². The van der Waals surface area contributed by atoms with Crippen LogP contribution >= 0.6 is 45.2 Å². The minimum Gasteiger partial charge on any atom is -0.349 e. The van der Waals surface area contributed by atoms with Crippen molar-refractivity contribution < 1.29 is 0 Å². The normalized spacial score (nSPS) is 16.1. The van der Waals surface area contributed by atoms with Gasteiger partial charge in [-0.2, -0.15) is 0 Å². The Morgan fingerprint density at radius 3 is 1.68 bits per heavy atom. The van der Waals surface area contributed by atoms with E-state index in [2.05, 4.69) is 91.4 Å². The molecule has 4 heteroatoms. The highest BCUT2D eigenvalue weighted by Crippen LogP contribution is 2.38. The smallest absolute Gasteiger partial charge is 0.0910 e. The highest BCUT2D eigenvalue weighted by Gasteiger charge is 2.29. The minimum atomic E-state index is 1.01. The SMILES string of the molecule is Ic1ccc2c(c1)N1Cc3ccc(I)cc3N(C2)C1. The van der Waals surface area contributed by atoms with E-state index in [4.69, 9.17) is 0 Å². The zero-order valence-electron chi connectivity index (χ0n) is 10.2. The molecule has 0 spiro atoms. The average molecular weight is 474 g/mol. The van der Waals surface area contributed by atoms with Crippen LogP contribution in [0.1, 0.15) is 11.1 Å². The van der Waals surface area contributed by atoms with Crippen LogP contribution in [0.4, 0.5) is 11.4 Å². The number of hydrogen-bond acceptors (Lipinski definition) is 2. The van der Waals surface area contributed by atoms with Gasteiger partial charge in [-0.05, 0) is 80.6 Å². The van der Waals surface area contributed by atoms with Gasteiger partial charge in [0.05, 0.1) is 6.67 Å². The molecule has 2 aromatic rings. The molecule has 0 atom stereocenters. The Bertz CT molecular complexity index is 612. The Labute approximate surface area is 140 Å². The molecule has 0 fully saturated rings. The largest absolute Gasteiger partial charge is 0.349 e. The van der Waals surface area contributed by atoms with Crippen molar-refractivity contribution in [3.63, 3.8) is 0 Å². The second-order valence-electron chi connectivity index (χ2n) is 5.08. The summed E-state index contributed by atoms with van der Waals surface area (Å²) in [5.74, 6) is 0. The number of fused-ring (bicyclic) bond motifs is 6. The quantitative estimate of drug-likeness (QED) is 0.529. The van der Waals surface area contributed by atoms with E-state index in [0.29, 0.717) is 0 Å². The third-order valence-electron chi connectivity index (χ3n) is 3.84. The molecule has 0 amide bonds. The van der Waals surface area contributed by atoms with E-state index >= 15 is 0 Å². The van der Waals surface area contributed by atoms with Crippen LogP contribution in [0.25, 0.3) is 0 Å². The van der Waals surface area contributed by atoms with Crippen molar-refractivity contribution >= 4 is 56.6 Å². The Hall–Kier alpha value is -0.500. The second kappa shape index (κ2) is 4.51. The molecule has 4 rings (SSSR count). The van der Waals surface area contributed by atoms with Crippen molar-refractivity contribution in [1.82, 2.24) is 0 Å². The molecule has 0 N–H and O–H groups in total. The van der Waals surface area contributed by atoms with Crippen LogP contribution in [0, 0.1) is 7.14 Å². The van der Waals surface area contributed by atoms with Crippen LogP contribution in [-0.2, 0) is 13.1 Å². The number of halogens is 2. The Morgan fingerprint density at radius 2 is 1.21 bits per heavy atom. The first-order valence-electron chi connectivity index (χ1n) is 6.27. The lowest BCUT2D eigenvalue weighted by atomic mass is 10.0. The molecular weight excluding hydrogens is 462 g/mol. The van der Waals surface area contributed by atoms with E-state index in [0.717, 1.165) is 19.8 Å². The molecule has 2 aromatic carbocycles. The molecule has 96 valence electrons. The third-order valence-corrected chi connectivity index (χ3v) is 5.18. The molecule has 0 saturated carbocycles. The molecular formula is C15H12I2N2. The van der Waals surface area contributed by atoms with Gasteiger partial charge in [0.1, 0.15) is 0 Å². The van der Waals surface area contributed by atoms with Crippen LogP contribution in [0.5, 0.6) is 0 Å². The Balaban J connectivity index is 1.84. The summed E-state index contributed by atoms with van der Waals surface area (Å²) in [5, 5.41) is 0. The second-order valence-corrected chi connectivity index (χ2v) is 7.57. The molecule has 2 bridgehead atoms. The maximum atomic E-state index is 2.48. The lowest BCUT2D eigenvalue weighted by Crippen LogP contribution is -2.46. The molecule has 2 nitrogen and oxygen atoms in total. The zero-order chi connectivity index (χ0) is 13.0. The highest BCUT2D eigenvalue weighted by atomic mass is 127. The van der Waals surface area contributed by atoms with Gasteiger partial charge in [-0.1, -0.05) is 12.1 Å². The lowest BCUT2D eigenvalue weighted by Gasteiger charge is -2.44. The van der Waals surface area contributed by atoms with Gasteiger partial charge in [-0.3, -0.25) is 0 Å². The van der Waals surface area contributed by atoms with Crippen LogP contribution in [0.2, 0.25) is 0 Å². The van der Waals surface area contributed by atoms with E-state index < -0.39 is 0 Å². The van der Waals surface area contributed by atoms with Gasteiger partial charge in [0.25, 0.3) is 0 Å². The van der Waals surface area contributed by atoms with Crippen molar-refractivity contribution in [2.45, 2.75) is 13.1 Å². The number of rotatable bonds is 0. The summed E-state index contributed by atoms with van der Waals surface area (Å²) in [6.45, 7) is 3.06. The molecule has 2 aliphatic rings. The van der Waals surface area contributed by atoms with Crippen LogP contribution in [-0.4, -0.2) is 6.67 Å². The fraction of sp³-hybridized carbons (Fsp3) is 0.200. The van der Waals surface area contributed by atoms with Crippen molar-refractivity contribution in [2.24, 2.45) is 0 Å². The van der Waals surface area contributed by atoms with Crippen molar-refractivity contribution in [2.75, 3.05) is 16.5 Å². The first kappa shape index (κ1) is 12.3. The monoisotopic (exact) mass is 474 g/mol. The highest BCUT2D eigenvalue weighted by molar-refractivity contribution is 14.1. The summed E-state index contributed by atoms with van der Waals surface area (Å²) < 4.78 is 2.64. The average Bonchev–Trinajstić information content (AvgIpc) is 2.41. The summed E-state index contributed by atoms with van der Waals surface area (Å²) in [7, 11) is 0. The Morgan fingerprint density at radius 1 is 0.737 bits per heavy atom. The van der Waals surface area contributed by atoms with Crippen LogP contribution in [0.15, 0.2) is 36.4 Å². The number of anilines is 2. The third kappa shape index (κ3) is 2.03. The topological polar surface area (TPSA) is 6.48 Å². The first-order valence-corrected chi connectivity index (χ1v) is 8.43. The molecule has 0 aromatic heterocycles. The molecule has 0 aliphatic carbocycles. The van der Waals surface area contributed by atoms with Crippen LogP contribution in [0.3, 0.4) is 0 Å². The van der Waals surface area contributed by atoms with Gasteiger partial charge in [-0.15, -0.1) is 0 Å². The summed E-state index contributed by atoms with van der Waals surface area (Å²) >= 11 is 4.80. The van der Waals surface area contributed by atoms with E-state index in [9.17, 15) is 0 Å². The van der Waals surface area contributed by atoms with Gasteiger partial charge in [-0.25, -0.2) is 0 Å². The molecule has 0 radical (unpaired) electrons. The molecule has 19 heavy (non-hydrogen) atoms.